The Kier molecular flexibility index (Phi) is 5.51. The second-order valence-corrected chi connectivity index (χ2v) is 4.67. The Bertz CT molecular complexity index is 441. The Hall–Kier alpha value is -1.88. The highest BCUT2D eigenvalue weighted by atomic mass is 16.5. The maximum absolute atomic E-state index is 11.8. The molecule has 0 heterocycles. The molecule has 0 radical (unpaired) electrons. The molecule has 0 unspecified atom stereocenters. The van der Waals surface area contributed by atoms with Crippen LogP contribution in [-0.4, -0.2) is 36.5 Å². The molecule has 0 fully saturated rings. The number of nitrogens with zero attached hydrogens (tertiary/aromatic N) is 1. The number of ether oxygens (including phenoxy) is 1. The van der Waals surface area contributed by atoms with Crippen molar-refractivity contribution >= 4 is 11.8 Å². The van der Waals surface area contributed by atoms with Crippen LogP contribution in [0.15, 0.2) is 24.3 Å². The van der Waals surface area contributed by atoms with Crippen LogP contribution < -0.4 is 5.73 Å². The first-order valence-corrected chi connectivity index (χ1v) is 6.14. The number of rotatable bonds is 6. The van der Waals surface area contributed by atoms with Gasteiger partial charge in [-0.25, -0.2) is 0 Å². The first-order valence-electron chi connectivity index (χ1n) is 6.14. The molecule has 5 heteroatoms. The van der Waals surface area contributed by atoms with E-state index in [2.05, 4.69) is 0 Å². The molecular formula is C14H20N2O3. The van der Waals surface area contributed by atoms with E-state index in [1.807, 2.05) is 13.8 Å². The van der Waals surface area contributed by atoms with Gasteiger partial charge in [0.1, 0.15) is 6.61 Å². The number of likely N-dealkylation sites (N-methyl/N-ethyl adjacent to an activating group) is 1. The topological polar surface area (TPSA) is 72.6 Å². The lowest BCUT2D eigenvalue weighted by atomic mass is 10.1. The van der Waals surface area contributed by atoms with Crippen LogP contribution in [0.4, 0.5) is 0 Å². The number of primary amides is 1. The molecule has 0 atom stereocenters. The summed E-state index contributed by atoms with van der Waals surface area (Å²) in [5, 5.41) is 0. The summed E-state index contributed by atoms with van der Waals surface area (Å²) in [5.74, 6) is -0.533. The molecule has 1 aromatic carbocycles. The average molecular weight is 264 g/mol. The van der Waals surface area contributed by atoms with Crippen LogP contribution >= 0.6 is 0 Å². The van der Waals surface area contributed by atoms with Gasteiger partial charge in [0.25, 0.3) is 0 Å². The Morgan fingerprint density at radius 3 is 2.32 bits per heavy atom. The molecule has 19 heavy (non-hydrogen) atoms. The van der Waals surface area contributed by atoms with Gasteiger partial charge in [-0.05, 0) is 31.5 Å². The van der Waals surface area contributed by atoms with E-state index in [1.165, 1.54) is 0 Å². The fourth-order valence-corrected chi connectivity index (χ4v) is 1.48. The molecule has 0 aliphatic heterocycles. The van der Waals surface area contributed by atoms with Gasteiger partial charge in [0.2, 0.25) is 11.8 Å². The Morgan fingerprint density at radius 2 is 1.84 bits per heavy atom. The van der Waals surface area contributed by atoms with E-state index >= 15 is 0 Å². The van der Waals surface area contributed by atoms with Gasteiger partial charge in [-0.3, -0.25) is 9.59 Å². The van der Waals surface area contributed by atoms with Crippen molar-refractivity contribution < 1.29 is 14.3 Å². The van der Waals surface area contributed by atoms with Crippen LogP contribution in [0, 0.1) is 0 Å². The lowest BCUT2D eigenvalue weighted by Crippen LogP contribution is -2.30. The van der Waals surface area contributed by atoms with Crippen LogP contribution in [0.3, 0.4) is 0 Å². The predicted molar refractivity (Wildman–Crippen MR) is 72.5 cm³/mol. The van der Waals surface area contributed by atoms with Gasteiger partial charge in [0, 0.05) is 19.2 Å². The fourth-order valence-electron chi connectivity index (χ4n) is 1.48. The van der Waals surface area contributed by atoms with Crippen molar-refractivity contribution in [3.8, 4) is 0 Å². The molecule has 1 aromatic rings. The predicted octanol–water partition coefficient (Wildman–Crippen LogP) is 1.17. The number of nitrogens with two attached hydrogens (primary N) is 1. The van der Waals surface area contributed by atoms with Gasteiger partial charge in [-0.2, -0.15) is 0 Å². The smallest absolute Gasteiger partial charge is 0.248 e. The monoisotopic (exact) mass is 264 g/mol. The molecule has 0 bridgehead atoms. The van der Waals surface area contributed by atoms with E-state index in [4.69, 9.17) is 10.5 Å². The second-order valence-electron chi connectivity index (χ2n) is 4.67. The fraction of sp³-hybridized carbons (Fsp3) is 0.429. The first kappa shape index (κ1) is 15.2. The highest BCUT2D eigenvalue weighted by molar-refractivity contribution is 5.92. The van der Waals surface area contributed by atoms with Crippen molar-refractivity contribution in [2.75, 3.05) is 13.7 Å². The summed E-state index contributed by atoms with van der Waals surface area (Å²) < 4.78 is 5.26. The summed E-state index contributed by atoms with van der Waals surface area (Å²) in [7, 11) is 1.72. The zero-order valence-electron chi connectivity index (χ0n) is 11.6. The lowest BCUT2D eigenvalue weighted by molar-refractivity contribution is -0.136. The first-order chi connectivity index (χ1) is 8.90. The molecule has 1 rings (SSSR count). The molecule has 5 nitrogen and oxygen atoms in total. The highest BCUT2D eigenvalue weighted by Gasteiger charge is 2.10. The summed E-state index contributed by atoms with van der Waals surface area (Å²) in [6.45, 7) is 4.32. The minimum Gasteiger partial charge on any atom is -0.369 e. The highest BCUT2D eigenvalue weighted by Crippen LogP contribution is 2.07. The van der Waals surface area contributed by atoms with Crippen LogP contribution in [-0.2, 0) is 16.1 Å². The zero-order chi connectivity index (χ0) is 14.4. The molecule has 2 N–H and O–H groups in total. The standard InChI is InChI=1S/C14H20N2O3/c1-10(2)19-9-13(17)16(3)8-11-4-6-12(7-5-11)14(15)18/h4-7,10H,8-9H2,1-3H3,(H2,15,18). The van der Waals surface area contributed by atoms with Crippen molar-refractivity contribution in [3.05, 3.63) is 35.4 Å². The normalized spacial score (nSPS) is 10.5. The van der Waals surface area contributed by atoms with E-state index in [9.17, 15) is 9.59 Å². The van der Waals surface area contributed by atoms with Crippen LogP contribution in [0.5, 0.6) is 0 Å². The van der Waals surface area contributed by atoms with Gasteiger partial charge in [0.15, 0.2) is 0 Å². The van der Waals surface area contributed by atoms with E-state index in [1.54, 1.807) is 36.2 Å². The molecule has 2 amide bonds. The van der Waals surface area contributed by atoms with Crippen LogP contribution in [0.1, 0.15) is 29.8 Å². The molecule has 0 spiro atoms. The average Bonchev–Trinajstić information content (AvgIpc) is 2.36. The minimum absolute atomic E-state index is 0.0344. The Labute approximate surface area is 113 Å². The Morgan fingerprint density at radius 1 is 1.26 bits per heavy atom. The summed E-state index contributed by atoms with van der Waals surface area (Å²) in [5.41, 5.74) is 6.56. The summed E-state index contributed by atoms with van der Waals surface area (Å²) >= 11 is 0. The Balaban J connectivity index is 2.54. The number of hydrogen-bond donors (Lipinski definition) is 1. The van der Waals surface area contributed by atoms with E-state index in [0.717, 1.165) is 5.56 Å². The van der Waals surface area contributed by atoms with Crippen LogP contribution in [0.2, 0.25) is 0 Å². The maximum atomic E-state index is 11.8. The summed E-state index contributed by atoms with van der Waals surface area (Å²) in [6.07, 6.45) is 0.0344. The SMILES string of the molecule is CC(C)OCC(=O)N(C)Cc1ccc(C(N)=O)cc1. The number of carbonyl (C=O) groups is 2. The van der Waals surface area contributed by atoms with E-state index in [0.29, 0.717) is 12.1 Å². The minimum atomic E-state index is -0.457. The van der Waals surface area contributed by atoms with Crippen molar-refractivity contribution in [2.45, 2.75) is 26.5 Å². The molecule has 0 aliphatic rings. The molecule has 104 valence electrons. The molecule has 0 aliphatic carbocycles. The largest absolute Gasteiger partial charge is 0.369 e. The third-order valence-electron chi connectivity index (χ3n) is 2.62. The third-order valence-corrected chi connectivity index (χ3v) is 2.62. The van der Waals surface area contributed by atoms with Crippen molar-refractivity contribution in [1.29, 1.82) is 0 Å². The second kappa shape index (κ2) is 6.89. The van der Waals surface area contributed by atoms with Gasteiger partial charge in [-0.15, -0.1) is 0 Å². The molecule has 0 aromatic heterocycles. The van der Waals surface area contributed by atoms with Crippen molar-refractivity contribution in [1.82, 2.24) is 4.90 Å². The van der Waals surface area contributed by atoms with E-state index < -0.39 is 5.91 Å². The van der Waals surface area contributed by atoms with Crippen molar-refractivity contribution in [2.24, 2.45) is 5.73 Å². The molecular weight excluding hydrogens is 244 g/mol. The van der Waals surface area contributed by atoms with Gasteiger partial charge in [-0.1, -0.05) is 12.1 Å². The summed E-state index contributed by atoms with van der Waals surface area (Å²) in [6, 6.07) is 6.88. The number of benzene rings is 1. The zero-order valence-corrected chi connectivity index (χ0v) is 11.6. The van der Waals surface area contributed by atoms with Gasteiger partial charge in [0.05, 0.1) is 6.10 Å². The lowest BCUT2D eigenvalue weighted by Gasteiger charge is -2.18. The maximum Gasteiger partial charge on any atom is 0.248 e. The number of carbonyl (C=O) groups excluding carboxylic acids is 2. The quantitative estimate of drug-likeness (QED) is 0.838. The third kappa shape index (κ3) is 5.09. The van der Waals surface area contributed by atoms with Crippen LogP contribution in [0.25, 0.3) is 0 Å². The summed E-state index contributed by atoms with van der Waals surface area (Å²) in [4.78, 5) is 24.3. The number of amides is 2. The number of hydrogen-bond acceptors (Lipinski definition) is 3. The molecule has 0 saturated carbocycles. The van der Waals surface area contributed by atoms with Gasteiger partial charge >= 0.3 is 0 Å². The van der Waals surface area contributed by atoms with Gasteiger partial charge < -0.3 is 15.4 Å². The molecule has 0 saturated heterocycles. The van der Waals surface area contributed by atoms with Crippen molar-refractivity contribution in [3.63, 3.8) is 0 Å². The van der Waals surface area contributed by atoms with E-state index in [-0.39, 0.29) is 18.6 Å².